The van der Waals surface area contributed by atoms with Crippen LogP contribution in [0.2, 0.25) is 0 Å². The molecule has 2 heterocycles. The van der Waals surface area contributed by atoms with Crippen LogP contribution >= 0.6 is 0 Å². The van der Waals surface area contributed by atoms with Crippen molar-refractivity contribution in [2.75, 3.05) is 48.9 Å². The number of hydrogen-bond acceptors (Lipinski definition) is 8. The summed E-state index contributed by atoms with van der Waals surface area (Å²) in [6.45, 7) is 2.97. The van der Waals surface area contributed by atoms with Gasteiger partial charge in [0.15, 0.2) is 0 Å². The van der Waals surface area contributed by atoms with E-state index in [9.17, 15) is 16.8 Å². The minimum atomic E-state index is -4.04. The second kappa shape index (κ2) is 10.8. The second-order valence-corrected chi connectivity index (χ2v) is 13.8. The molecule has 0 bridgehead atoms. The van der Waals surface area contributed by atoms with Crippen molar-refractivity contribution in [3.8, 4) is 0 Å². The van der Waals surface area contributed by atoms with E-state index in [0.29, 0.717) is 35.2 Å². The summed E-state index contributed by atoms with van der Waals surface area (Å²) in [5.74, 6) is 1.58. The van der Waals surface area contributed by atoms with Crippen LogP contribution in [0.1, 0.15) is 11.1 Å². The van der Waals surface area contributed by atoms with E-state index in [0.717, 1.165) is 35.9 Å². The van der Waals surface area contributed by atoms with Crippen LogP contribution in [0.15, 0.2) is 105 Å². The molecule has 0 aromatic heterocycles. The van der Waals surface area contributed by atoms with E-state index >= 15 is 0 Å². The monoisotopic (exact) mass is 602 g/mol. The van der Waals surface area contributed by atoms with Crippen LogP contribution in [0, 0.1) is 0 Å². The molecule has 6 rings (SSSR count). The smallest absolute Gasteiger partial charge is 0.264 e. The molecule has 0 unspecified atom stereocenters. The first-order valence-corrected chi connectivity index (χ1v) is 16.3. The Hall–Kier alpha value is -4.42. The molecule has 4 aromatic carbocycles. The molecule has 216 valence electrons. The first kappa shape index (κ1) is 27.7. The zero-order valence-electron chi connectivity index (χ0n) is 23.1. The highest BCUT2D eigenvalue weighted by Crippen LogP contribution is 2.33. The quantitative estimate of drug-likeness (QED) is 0.319. The highest BCUT2D eigenvalue weighted by molar-refractivity contribution is 7.93. The maximum atomic E-state index is 13.9. The summed E-state index contributed by atoms with van der Waals surface area (Å²) < 4.78 is 57.8. The fraction of sp³-hybridized carbons (Fsp3) is 0.200. The minimum Gasteiger partial charge on any atom is -0.368 e. The molecule has 0 fully saturated rings. The van der Waals surface area contributed by atoms with Gasteiger partial charge < -0.3 is 10.6 Å². The van der Waals surface area contributed by atoms with Crippen LogP contribution in [0.5, 0.6) is 0 Å². The number of hydrogen-bond donors (Lipinski definition) is 2. The molecular weight excluding hydrogens is 573 g/mol. The summed E-state index contributed by atoms with van der Waals surface area (Å²) in [4.78, 5) is 8.84. The fourth-order valence-electron chi connectivity index (χ4n) is 5.12. The largest absolute Gasteiger partial charge is 0.368 e. The van der Waals surface area contributed by atoms with Crippen LogP contribution in [0.4, 0.5) is 11.4 Å². The highest BCUT2D eigenvalue weighted by atomic mass is 32.2. The lowest BCUT2D eigenvalue weighted by Gasteiger charge is -2.23. The number of aliphatic imine (C=N–C) groups is 2. The van der Waals surface area contributed by atoms with Gasteiger partial charge in [0.25, 0.3) is 20.0 Å². The molecule has 0 aliphatic carbocycles. The molecule has 0 saturated carbocycles. The Kier molecular flexibility index (Phi) is 7.11. The third-order valence-electron chi connectivity index (χ3n) is 7.48. The number of nitrogens with zero attached hydrogens (tertiary/aromatic N) is 4. The Morgan fingerprint density at radius 3 is 1.29 bits per heavy atom. The predicted octanol–water partition coefficient (Wildman–Crippen LogP) is 3.19. The summed E-state index contributed by atoms with van der Waals surface area (Å²) in [5, 5.41) is 7.05. The molecule has 4 aromatic rings. The van der Waals surface area contributed by atoms with Gasteiger partial charge >= 0.3 is 0 Å². The molecule has 0 saturated heterocycles. The van der Waals surface area contributed by atoms with Crippen LogP contribution < -0.4 is 19.2 Å². The average molecular weight is 603 g/mol. The maximum absolute atomic E-state index is 13.9. The average Bonchev–Trinajstić information content (AvgIpc) is 3.75. The lowest BCUT2D eigenvalue weighted by atomic mass is 10.1. The molecular formula is C30H30N6O4S2. The fourth-order valence-corrected chi connectivity index (χ4v) is 7.92. The molecule has 2 N–H and O–H groups in total. The molecule has 0 amide bonds. The van der Waals surface area contributed by atoms with Crippen LogP contribution in [-0.2, 0) is 20.0 Å². The standard InChI is InChI=1S/C30H30N6O4S2/c1-35(23-13-9-21(10-14-23)29-31-17-18-32-29)41(37,38)27-7-3-6-26-25(27)5-4-8-28(26)42(39,40)36(2)24-15-11-22(12-16-24)30-33-19-20-34-30/h3-16H,17-20H2,1-2H3,(H,31,32)(H,33,34). The first-order valence-electron chi connectivity index (χ1n) is 13.4. The molecule has 42 heavy (non-hydrogen) atoms. The highest BCUT2D eigenvalue weighted by Gasteiger charge is 2.28. The zero-order valence-corrected chi connectivity index (χ0v) is 24.8. The van der Waals surface area contributed by atoms with E-state index in [1.54, 1.807) is 48.5 Å². The Bertz CT molecular complexity index is 1800. The van der Waals surface area contributed by atoms with Gasteiger partial charge in [0.1, 0.15) is 11.7 Å². The second-order valence-electron chi connectivity index (χ2n) is 9.96. The molecule has 0 spiro atoms. The van der Waals surface area contributed by atoms with Gasteiger partial charge in [0, 0.05) is 49.1 Å². The van der Waals surface area contributed by atoms with Crippen LogP contribution in [0.3, 0.4) is 0 Å². The Morgan fingerprint density at radius 2 is 0.952 bits per heavy atom. The molecule has 0 radical (unpaired) electrons. The van der Waals surface area contributed by atoms with Gasteiger partial charge in [-0.1, -0.05) is 24.3 Å². The van der Waals surface area contributed by atoms with Gasteiger partial charge in [0.05, 0.1) is 34.3 Å². The van der Waals surface area contributed by atoms with Crippen molar-refractivity contribution < 1.29 is 16.8 Å². The molecule has 0 atom stereocenters. The number of benzene rings is 4. The van der Waals surface area contributed by atoms with Crippen molar-refractivity contribution >= 4 is 53.9 Å². The molecule has 2 aliphatic heterocycles. The zero-order chi connectivity index (χ0) is 29.5. The van der Waals surface area contributed by atoms with Gasteiger partial charge in [-0.25, -0.2) is 16.8 Å². The van der Waals surface area contributed by atoms with Crippen LogP contribution in [-0.4, -0.2) is 68.8 Å². The topological polar surface area (TPSA) is 124 Å². The number of amidine groups is 2. The summed E-state index contributed by atoms with van der Waals surface area (Å²) in [7, 11) is -5.10. The number of sulfonamides is 2. The van der Waals surface area contributed by atoms with Gasteiger partial charge in [-0.15, -0.1) is 0 Å². The Balaban J connectivity index is 1.33. The van der Waals surface area contributed by atoms with Crippen molar-refractivity contribution in [1.82, 2.24) is 10.6 Å². The predicted molar refractivity (Wildman–Crippen MR) is 167 cm³/mol. The lowest BCUT2D eigenvalue weighted by molar-refractivity contribution is 0.593. The Morgan fingerprint density at radius 1 is 0.571 bits per heavy atom. The normalized spacial score (nSPS) is 15.1. The van der Waals surface area contributed by atoms with E-state index in [-0.39, 0.29) is 9.79 Å². The Labute approximate surface area is 245 Å². The van der Waals surface area contributed by atoms with Gasteiger partial charge in [-0.3, -0.25) is 18.6 Å². The van der Waals surface area contributed by atoms with E-state index < -0.39 is 20.0 Å². The SMILES string of the molecule is CN(c1ccc(C2=NCCN2)cc1)S(=O)(=O)c1cccc2c(S(=O)(=O)N(C)c3ccc(C4=NCCN4)cc3)cccc12. The maximum Gasteiger partial charge on any atom is 0.264 e. The van der Waals surface area contributed by atoms with Crippen molar-refractivity contribution in [3.63, 3.8) is 0 Å². The van der Waals surface area contributed by atoms with Gasteiger partial charge in [0.2, 0.25) is 0 Å². The summed E-state index contributed by atoms with van der Waals surface area (Å²) >= 11 is 0. The van der Waals surface area contributed by atoms with E-state index in [1.807, 2.05) is 24.3 Å². The van der Waals surface area contributed by atoms with E-state index in [4.69, 9.17) is 0 Å². The van der Waals surface area contributed by atoms with Crippen molar-refractivity contribution in [3.05, 3.63) is 96.1 Å². The van der Waals surface area contributed by atoms with E-state index in [1.165, 1.54) is 34.8 Å². The summed E-state index contributed by atoms with van der Waals surface area (Å²) in [5.41, 5.74) is 2.70. The molecule has 2 aliphatic rings. The molecule has 10 nitrogen and oxygen atoms in total. The van der Waals surface area contributed by atoms with Gasteiger partial charge in [-0.2, -0.15) is 0 Å². The van der Waals surface area contributed by atoms with Crippen molar-refractivity contribution in [2.24, 2.45) is 9.98 Å². The van der Waals surface area contributed by atoms with Crippen LogP contribution in [0.25, 0.3) is 10.8 Å². The van der Waals surface area contributed by atoms with Crippen molar-refractivity contribution in [1.29, 1.82) is 0 Å². The summed E-state index contributed by atoms with van der Waals surface area (Å²) in [6.07, 6.45) is 0. The third kappa shape index (κ3) is 4.86. The van der Waals surface area contributed by atoms with E-state index in [2.05, 4.69) is 20.6 Å². The first-order chi connectivity index (χ1) is 20.2. The number of fused-ring (bicyclic) bond motifs is 1. The van der Waals surface area contributed by atoms with Gasteiger partial charge in [-0.05, 0) is 60.7 Å². The summed E-state index contributed by atoms with van der Waals surface area (Å²) in [6, 6.07) is 23.6. The molecule has 12 heteroatoms. The lowest BCUT2D eigenvalue weighted by Crippen LogP contribution is -2.28. The number of anilines is 2. The number of rotatable bonds is 8. The third-order valence-corrected chi connectivity index (χ3v) is 11.2. The van der Waals surface area contributed by atoms with Crippen molar-refractivity contribution in [2.45, 2.75) is 9.79 Å². The minimum absolute atomic E-state index is 0.0160. The number of nitrogens with one attached hydrogen (secondary N) is 2.